The quantitative estimate of drug-likeness (QED) is 0.494. The number of halogens is 1. The van der Waals surface area contributed by atoms with E-state index in [0.29, 0.717) is 15.9 Å². The van der Waals surface area contributed by atoms with Crippen molar-refractivity contribution in [2.75, 3.05) is 4.90 Å². The van der Waals surface area contributed by atoms with Crippen LogP contribution in [0.5, 0.6) is 0 Å². The summed E-state index contributed by atoms with van der Waals surface area (Å²) in [6, 6.07) is 9.50. The number of hydrogen-bond donors (Lipinski definition) is 2. The SMILES string of the molecule is O=C(C1=C(O)C(=O)N(c2nc3ccc(F)cc3[nH]2)C1c1ccco1)c1cccs1. The molecule has 5 rings (SSSR count). The van der Waals surface area contributed by atoms with Crippen molar-refractivity contribution in [3.63, 3.8) is 0 Å². The minimum Gasteiger partial charge on any atom is -0.503 e. The lowest BCUT2D eigenvalue weighted by atomic mass is 10.0. The number of Topliss-reactive ketones (excluding diaryl/α,β-unsaturated/α-hetero) is 1. The Bertz CT molecular complexity index is 1270. The molecule has 0 aliphatic carbocycles. The summed E-state index contributed by atoms with van der Waals surface area (Å²) in [5.74, 6) is -2.05. The molecule has 9 heteroatoms. The summed E-state index contributed by atoms with van der Waals surface area (Å²) in [6.07, 6.45) is 1.41. The molecule has 1 aliphatic heterocycles. The molecule has 0 saturated heterocycles. The Morgan fingerprint density at radius 1 is 1.28 bits per heavy atom. The summed E-state index contributed by atoms with van der Waals surface area (Å²) in [5.41, 5.74) is 0.715. The van der Waals surface area contributed by atoms with Crippen molar-refractivity contribution in [1.29, 1.82) is 0 Å². The topological polar surface area (TPSA) is 99.4 Å². The number of benzene rings is 1. The Hall–Kier alpha value is -3.72. The number of aliphatic hydroxyl groups excluding tert-OH is 1. The molecule has 1 aliphatic rings. The molecule has 144 valence electrons. The number of H-pyrrole nitrogens is 1. The number of aromatic nitrogens is 2. The van der Waals surface area contributed by atoms with Gasteiger partial charge in [-0.25, -0.2) is 9.37 Å². The predicted octanol–water partition coefficient (Wildman–Crippen LogP) is 4.14. The lowest BCUT2D eigenvalue weighted by Gasteiger charge is -2.22. The molecular weight excluding hydrogens is 397 g/mol. The number of imidazole rings is 1. The van der Waals surface area contributed by atoms with Gasteiger partial charge in [0.1, 0.15) is 17.6 Å². The maximum atomic E-state index is 13.6. The number of ketones is 1. The lowest BCUT2D eigenvalue weighted by Crippen LogP contribution is -2.31. The van der Waals surface area contributed by atoms with Gasteiger partial charge in [-0.15, -0.1) is 11.3 Å². The number of carbonyl (C=O) groups excluding carboxylic acids is 2. The summed E-state index contributed by atoms with van der Waals surface area (Å²) >= 11 is 1.20. The van der Waals surface area contributed by atoms with Gasteiger partial charge in [0.15, 0.2) is 5.76 Å². The first-order valence-electron chi connectivity index (χ1n) is 8.58. The van der Waals surface area contributed by atoms with Gasteiger partial charge < -0.3 is 14.5 Å². The molecule has 1 aromatic carbocycles. The molecule has 0 spiro atoms. The van der Waals surface area contributed by atoms with E-state index in [-0.39, 0.29) is 17.3 Å². The monoisotopic (exact) mass is 409 g/mol. The first kappa shape index (κ1) is 17.4. The third-order valence-electron chi connectivity index (χ3n) is 4.67. The van der Waals surface area contributed by atoms with Crippen molar-refractivity contribution < 1.29 is 23.5 Å². The number of hydrogen-bond acceptors (Lipinski definition) is 6. The van der Waals surface area contributed by atoms with Gasteiger partial charge in [-0.1, -0.05) is 6.07 Å². The van der Waals surface area contributed by atoms with E-state index < -0.39 is 29.3 Å². The highest BCUT2D eigenvalue weighted by molar-refractivity contribution is 7.12. The van der Waals surface area contributed by atoms with E-state index in [1.54, 1.807) is 29.6 Å². The number of carbonyl (C=O) groups is 2. The van der Waals surface area contributed by atoms with Crippen molar-refractivity contribution in [2.24, 2.45) is 0 Å². The fourth-order valence-electron chi connectivity index (χ4n) is 3.39. The van der Waals surface area contributed by atoms with Crippen molar-refractivity contribution in [1.82, 2.24) is 9.97 Å². The number of rotatable bonds is 4. The molecule has 4 heterocycles. The normalized spacial score (nSPS) is 16.9. The standard InChI is InChI=1S/C20H12FN3O4S/c21-10-5-6-11-12(9-10)23-20(22-11)24-16(13-3-1-7-28-13)15(18(26)19(24)27)17(25)14-4-2-8-29-14/h1-9,16,26H,(H,22,23). The van der Waals surface area contributed by atoms with Crippen LogP contribution in [0.3, 0.4) is 0 Å². The van der Waals surface area contributed by atoms with Crippen molar-refractivity contribution in [3.8, 4) is 0 Å². The number of nitrogens with zero attached hydrogens (tertiary/aromatic N) is 2. The van der Waals surface area contributed by atoms with Crippen LogP contribution in [-0.2, 0) is 4.79 Å². The van der Waals surface area contributed by atoms with E-state index in [1.807, 2.05) is 0 Å². The maximum Gasteiger partial charge on any atom is 0.296 e. The van der Waals surface area contributed by atoms with Crippen molar-refractivity contribution in [3.05, 3.63) is 81.9 Å². The number of furan rings is 1. The van der Waals surface area contributed by atoms with Crippen LogP contribution >= 0.6 is 11.3 Å². The van der Waals surface area contributed by atoms with Gasteiger partial charge in [0, 0.05) is 0 Å². The summed E-state index contributed by atoms with van der Waals surface area (Å²) in [5, 5.41) is 12.3. The van der Waals surface area contributed by atoms with Gasteiger partial charge in [0.2, 0.25) is 11.7 Å². The third kappa shape index (κ3) is 2.66. The maximum absolute atomic E-state index is 13.6. The van der Waals surface area contributed by atoms with Crippen molar-refractivity contribution >= 4 is 40.0 Å². The van der Waals surface area contributed by atoms with Gasteiger partial charge in [0.05, 0.1) is 27.7 Å². The van der Waals surface area contributed by atoms with E-state index >= 15 is 0 Å². The predicted molar refractivity (Wildman–Crippen MR) is 103 cm³/mol. The van der Waals surface area contributed by atoms with Gasteiger partial charge in [-0.3, -0.25) is 14.5 Å². The highest BCUT2D eigenvalue weighted by Crippen LogP contribution is 2.41. The number of nitrogens with one attached hydrogen (secondary N) is 1. The second-order valence-electron chi connectivity index (χ2n) is 6.38. The lowest BCUT2D eigenvalue weighted by molar-refractivity contribution is -0.117. The molecule has 0 fully saturated rings. The average molecular weight is 409 g/mol. The van der Waals surface area contributed by atoms with E-state index in [0.717, 1.165) is 4.90 Å². The van der Waals surface area contributed by atoms with Gasteiger partial charge in [0.25, 0.3) is 5.91 Å². The first-order chi connectivity index (χ1) is 14.0. The fourth-order valence-corrected chi connectivity index (χ4v) is 4.07. The van der Waals surface area contributed by atoms with Crippen LogP contribution in [0.2, 0.25) is 0 Å². The van der Waals surface area contributed by atoms with Gasteiger partial charge in [-0.2, -0.15) is 0 Å². The molecule has 1 atom stereocenters. The fraction of sp³-hybridized carbons (Fsp3) is 0.0500. The van der Waals surface area contributed by atoms with E-state index in [2.05, 4.69) is 9.97 Å². The molecular formula is C20H12FN3O4S. The summed E-state index contributed by atoms with van der Waals surface area (Å²) in [7, 11) is 0. The number of aromatic amines is 1. The summed E-state index contributed by atoms with van der Waals surface area (Å²) < 4.78 is 19.0. The average Bonchev–Trinajstić information content (AvgIpc) is 3.49. The second-order valence-corrected chi connectivity index (χ2v) is 7.33. The van der Waals surface area contributed by atoms with Crippen LogP contribution in [-0.4, -0.2) is 26.8 Å². The number of anilines is 1. The summed E-state index contributed by atoms with van der Waals surface area (Å²) in [6.45, 7) is 0. The molecule has 29 heavy (non-hydrogen) atoms. The van der Waals surface area contributed by atoms with Crippen LogP contribution in [0.4, 0.5) is 10.3 Å². The largest absolute Gasteiger partial charge is 0.503 e. The molecule has 0 radical (unpaired) electrons. The van der Waals surface area contributed by atoms with Gasteiger partial charge in [-0.05, 0) is 41.8 Å². The Kier molecular flexibility index (Phi) is 3.85. The van der Waals surface area contributed by atoms with Crippen LogP contribution in [0.15, 0.2) is 69.9 Å². The van der Waals surface area contributed by atoms with Crippen LogP contribution < -0.4 is 4.90 Å². The zero-order valence-electron chi connectivity index (χ0n) is 14.6. The minimum atomic E-state index is -1.02. The van der Waals surface area contributed by atoms with Crippen LogP contribution in [0.1, 0.15) is 21.5 Å². The molecule has 0 saturated carbocycles. The minimum absolute atomic E-state index is 0.0672. The summed E-state index contributed by atoms with van der Waals surface area (Å²) in [4.78, 5) is 34.7. The highest BCUT2D eigenvalue weighted by Gasteiger charge is 2.47. The number of amides is 1. The Balaban J connectivity index is 1.67. The molecule has 7 nitrogen and oxygen atoms in total. The van der Waals surface area contributed by atoms with Crippen LogP contribution in [0, 0.1) is 5.82 Å². The van der Waals surface area contributed by atoms with E-state index in [1.165, 1.54) is 35.8 Å². The van der Waals surface area contributed by atoms with E-state index in [9.17, 15) is 19.1 Å². The zero-order chi connectivity index (χ0) is 20.1. The van der Waals surface area contributed by atoms with Gasteiger partial charge >= 0.3 is 0 Å². The smallest absolute Gasteiger partial charge is 0.296 e. The molecule has 2 N–H and O–H groups in total. The third-order valence-corrected chi connectivity index (χ3v) is 5.54. The second kappa shape index (κ2) is 6.42. The number of aliphatic hydroxyl groups is 1. The molecule has 4 aromatic rings. The number of thiophene rings is 1. The highest BCUT2D eigenvalue weighted by atomic mass is 32.1. The molecule has 1 unspecified atom stereocenters. The Morgan fingerprint density at radius 2 is 2.14 bits per heavy atom. The Morgan fingerprint density at radius 3 is 2.86 bits per heavy atom. The first-order valence-corrected chi connectivity index (χ1v) is 9.46. The number of fused-ring (bicyclic) bond motifs is 1. The van der Waals surface area contributed by atoms with Crippen molar-refractivity contribution in [2.45, 2.75) is 6.04 Å². The molecule has 0 bridgehead atoms. The van der Waals surface area contributed by atoms with Crippen LogP contribution in [0.25, 0.3) is 11.0 Å². The molecule has 3 aromatic heterocycles. The Labute approximate surface area is 166 Å². The van der Waals surface area contributed by atoms with E-state index in [4.69, 9.17) is 4.42 Å². The molecule has 1 amide bonds. The zero-order valence-corrected chi connectivity index (χ0v) is 15.4.